The van der Waals surface area contributed by atoms with Gasteiger partial charge in [0.15, 0.2) is 5.69 Å². The van der Waals surface area contributed by atoms with Gasteiger partial charge in [-0.15, -0.1) is 10.2 Å². The zero-order valence-corrected chi connectivity index (χ0v) is 11.0. The molecule has 104 valence electrons. The average Bonchev–Trinajstić information content (AvgIpc) is 3.02. The number of benzene rings is 1. The lowest BCUT2D eigenvalue weighted by molar-refractivity contribution is 0.102. The van der Waals surface area contributed by atoms with Gasteiger partial charge >= 0.3 is 0 Å². The number of nitrogens with one attached hydrogen (secondary N) is 1. The van der Waals surface area contributed by atoms with Crippen LogP contribution < -0.4 is 11.1 Å². The van der Waals surface area contributed by atoms with Crippen molar-refractivity contribution in [1.82, 2.24) is 19.7 Å². The third kappa shape index (κ3) is 2.71. The van der Waals surface area contributed by atoms with Crippen molar-refractivity contribution in [3.05, 3.63) is 60.9 Å². The Morgan fingerprint density at radius 2 is 1.95 bits per heavy atom. The molecule has 0 atom stereocenters. The summed E-state index contributed by atoms with van der Waals surface area (Å²) in [6.45, 7) is 0. The van der Waals surface area contributed by atoms with Crippen LogP contribution in [0.25, 0.3) is 5.69 Å². The van der Waals surface area contributed by atoms with E-state index < -0.39 is 0 Å². The standard InChI is InChI=1S/C14H12N6O/c15-12-5-2-6-16-13(12)14(21)19-10-3-1-4-11(7-10)20-8-17-18-9-20/h1-9H,15H2,(H,19,21). The first kappa shape index (κ1) is 12.8. The molecule has 0 saturated carbocycles. The lowest BCUT2D eigenvalue weighted by Crippen LogP contribution is -2.15. The summed E-state index contributed by atoms with van der Waals surface area (Å²) < 4.78 is 1.74. The van der Waals surface area contributed by atoms with Crippen LogP contribution in [0.4, 0.5) is 11.4 Å². The molecule has 7 nitrogen and oxygen atoms in total. The van der Waals surface area contributed by atoms with Crippen molar-refractivity contribution in [1.29, 1.82) is 0 Å². The summed E-state index contributed by atoms with van der Waals surface area (Å²) >= 11 is 0. The molecular formula is C14H12N6O. The van der Waals surface area contributed by atoms with E-state index in [0.29, 0.717) is 11.4 Å². The maximum Gasteiger partial charge on any atom is 0.276 e. The quantitative estimate of drug-likeness (QED) is 0.757. The third-order valence-corrected chi connectivity index (χ3v) is 2.87. The molecule has 0 spiro atoms. The largest absolute Gasteiger partial charge is 0.397 e. The topological polar surface area (TPSA) is 98.7 Å². The molecular weight excluding hydrogens is 268 g/mol. The van der Waals surface area contributed by atoms with Crippen LogP contribution in [0, 0.1) is 0 Å². The lowest BCUT2D eigenvalue weighted by Gasteiger charge is -2.08. The number of aromatic nitrogens is 4. The second-order valence-corrected chi connectivity index (χ2v) is 4.31. The molecule has 2 heterocycles. The van der Waals surface area contributed by atoms with Crippen LogP contribution >= 0.6 is 0 Å². The highest BCUT2D eigenvalue weighted by Crippen LogP contribution is 2.16. The first-order chi connectivity index (χ1) is 10.2. The van der Waals surface area contributed by atoms with Crippen molar-refractivity contribution in [3.63, 3.8) is 0 Å². The smallest absolute Gasteiger partial charge is 0.276 e. The number of amides is 1. The van der Waals surface area contributed by atoms with Gasteiger partial charge in [-0.25, -0.2) is 4.98 Å². The predicted molar refractivity (Wildman–Crippen MR) is 78.0 cm³/mol. The average molecular weight is 280 g/mol. The van der Waals surface area contributed by atoms with Crippen LogP contribution in [-0.2, 0) is 0 Å². The maximum atomic E-state index is 12.1. The predicted octanol–water partition coefficient (Wildman–Crippen LogP) is 1.50. The number of carbonyl (C=O) groups is 1. The number of carbonyl (C=O) groups excluding carboxylic acids is 1. The molecule has 1 aromatic carbocycles. The minimum atomic E-state index is -0.353. The van der Waals surface area contributed by atoms with E-state index in [1.165, 1.54) is 6.20 Å². The van der Waals surface area contributed by atoms with Crippen molar-refractivity contribution in [2.45, 2.75) is 0 Å². The van der Waals surface area contributed by atoms with E-state index in [1.54, 1.807) is 41.5 Å². The number of rotatable bonds is 3. The molecule has 0 radical (unpaired) electrons. The number of pyridine rings is 1. The molecule has 3 N–H and O–H groups in total. The Kier molecular flexibility index (Phi) is 3.30. The van der Waals surface area contributed by atoms with Gasteiger partial charge in [0, 0.05) is 11.9 Å². The number of nitrogens with two attached hydrogens (primary N) is 1. The highest BCUT2D eigenvalue weighted by Gasteiger charge is 2.11. The fourth-order valence-electron chi connectivity index (χ4n) is 1.88. The molecule has 3 rings (SSSR count). The van der Waals surface area contributed by atoms with Crippen molar-refractivity contribution in [3.8, 4) is 5.69 Å². The number of nitrogens with zero attached hydrogens (tertiary/aromatic N) is 4. The van der Waals surface area contributed by atoms with Gasteiger partial charge in [0.1, 0.15) is 12.7 Å². The summed E-state index contributed by atoms with van der Waals surface area (Å²) in [5, 5.41) is 10.3. The minimum Gasteiger partial charge on any atom is -0.397 e. The summed E-state index contributed by atoms with van der Waals surface area (Å²) in [5.41, 5.74) is 7.75. The van der Waals surface area contributed by atoms with Gasteiger partial charge < -0.3 is 11.1 Å². The summed E-state index contributed by atoms with van der Waals surface area (Å²) in [7, 11) is 0. The number of hydrogen-bond acceptors (Lipinski definition) is 5. The Morgan fingerprint density at radius 3 is 2.71 bits per heavy atom. The molecule has 0 unspecified atom stereocenters. The Hall–Kier alpha value is -3.22. The van der Waals surface area contributed by atoms with Crippen molar-refractivity contribution >= 4 is 17.3 Å². The van der Waals surface area contributed by atoms with Crippen LogP contribution in [0.1, 0.15) is 10.5 Å². The highest BCUT2D eigenvalue weighted by molar-refractivity contribution is 6.06. The monoisotopic (exact) mass is 280 g/mol. The molecule has 3 aromatic rings. The van der Waals surface area contributed by atoms with Gasteiger partial charge in [0.25, 0.3) is 5.91 Å². The van der Waals surface area contributed by atoms with E-state index >= 15 is 0 Å². The maximum absolute atomic E-state index is 12.1. The van der Waals surface area contributed by atoms with E-state index in [0.717, 1.165) is 5.69 Å². The third-order valence-electron chi connectivity index (χ3n) is 2.87. The van der Waals surface area contributed by atoms with Crippen molar-refractivity contribution in [2.75, 3.05) is 11.1 Å². The summed E-state index contributed by atoms with van der Waals surface area (Å²) in [6, 6.07) is 10.6. The molecule has 0 aliphatic carbocycles. The Labute approximate surface area is 120 Å². The van der Waals surface area contributed by atoms with E-state index in [9.17, 15) is 4.79 Å². The van der Waals surface area contributed by atoms with Gasteiger partial charge in [-0.2, -0.15) is 0 Å². The fraction of sp³-hybridized carbons (Fsp3) is 0. The van der Waals surface area contributed by atoms with E-state index in [-0.39, 0.29) is 11.6 Å². The van der Waals surface area contributed by atoms with Gasteiger partial charge in [-0.3, -0.25) is 9.36 Å². The zero-order chi connectivity index (χ0) is 14.7. The van der Waals surface area contributed by atoms with Crippen molar-refractivity contribution < 1.29 is 4.79 Å². The van der Waals surface area contributed by atoms with E-state index in [2.05, 4.69) is 20.5 Å². The Balaban J connectivity index is 1.84. The van der Waals surface area contributed by atoms with Crippen molar-refractivity contribution in [2.24, 2.45) is 0 Å². The molecule has 0 aliphatic heterocycles. The van der Waals surface area contributed by atoms with Gasteiger partial charge in [-0.05, 0) is 30.3 Å². The minimum absolute atomic E-state index is 0.201. The van der Waals surface area contributed by atoms with Crippen LogP contribution in [0.3, 0.4) is 0 Å². The second-order valence-electron chi connectivity index (χ2n) is 4.31. The zero-order valence-electron chi connectivity index (χ0n) is 11.0. The highest BCUT2D eigenvalue weighted by atomic mass is 16.1. The van der Waals surface area contributed by atoms with Gasteiger partial charge in [0.2, 0.25) is 0 Å². The molecule has 0 fully saturated rings. The molecule has 7 heteroatoms. The summed E-state index contributed by atoms with van der Waals surface area (Å²) in [4.78, 5) is 16.1. The van der Waals surface area contributed by atoms with Crippen LogP contribution in [0.15, 0.2) is 55.2 Å². The summed E-state index contributed by atoms with van der Waals surface area (Å²) in [6.07, 6.45) is 4.69. The van der Waals surface area contributed by atoms with E-state index in [4.69, 9.17) is 5.73 Å². The number of anilines is 2. The van der Waals surface area contributed by atoms with Crippen LogP contribution in [0.5, 0.6) is 0 Å². The number of nitrogen functional groups attached to an aromatic ring is 1. The number of hydrogen-bond donors (Lipinski definition) is 2. The first-order valence-corrected chi connectivity index (χ1v) is 6.21. The SMILES string of the molecule is Nc1cccnc1C(=O)Nc1cccc(-n2cnnc2)c1. The lowest BCUT2D eigenvalue weighted by atomic mass is 10.2. The molecule has 0 bridgehead atoms. The second kappa shape index (κ2) is 5.41. The van der Waals surface area contributed by atoms with E-state index in [1.807, 2.05) is 12.1 Å². The normalized spacial score (nSPS) is 10.3. The molecule has 1 amide bonds. The molecule has 0 aliphatic rings. The fourth-order valence-corrected chi connectivity index (χ4v) is 1.88. The van der Waals surface area contributed by atoms with Gasteiger partial charge in [-0.1, -0.05) is 6.07 Å². The summed E-state index contributed by atoms with van der Waals surface area (Å²) in [5.74, 6) is -0.353. The Bertz CT molecular complexity index is 769. The Morgan fingerprint density at radius 1 is 1.14 bits per heavy atom. The van der Waals surface area contributed by atoms with Crippen LogP contribution in [-0.4, -0.2) is 25.7 Å². The van der Waals surface area contributed by atoms with Crippen LogP contribution in [0.2, 0.25) is 0 Å². The van der Waals surface area contributed by atoms with Gasteiger partial charge in [0.05, 0.1) is 11.4 Å². The molecule has 21 heavy (non-hydrogen) atoms. The molecule has 2 aromatic heterocycles. The first-order valence-electron chi connectivity index (χ1n) is 6.21. The molecule has 0 saturated heterocycles.